The van der Waals surface area contributed by atoms with Crippen molar-refractivity contribution in [1.82, 2.24) is 15.2 Å². The number of amides is 2. The smallest absolute Gasteiger partial charge is 0.251 e. The van der Waals surface area contributed by atoms with Gasteiger partial charge in [-0.25, -0.2) is 10.8 Å². The molecular formula is C12H16ClN5O2. The van der Waals surface area contributed by atoms with E-state index in [9.17, 15) is 9.59 Å². The summed E-state index contributed by atoms with van der Waals surface area (Å²) in [6.07, 6.45) is 1.07. The monoisotopic (exact) mass is 297 g/mol. The van der Waals surface area contributed by atoms with Gasteiger partial charge in [-0.1, -0.05) is 11.6 Å². The van der Waals surface area contributed by atoms with Crippen LogP contribution in [0.3, 0.4) is 0 Å². The highest BCUT2D eigenvalue weighted by molar-refractivity contribution is 6.29. The summed E-state index contributed by atoms with van der Waals surface area (Å²) < 4.78 is 0. The second-order valence-electron chi connectivity index (χ2n) is 4.69. The highest BCUT2D eigenvalue weighted by Gasteiger charge is 2.24. The van der Waals surface area contributed by atoms with E-state index in [-0.39, 0.29) is 23.0 Å². The quantitative estimate of drug-likeness (QED) is 0.425. The van der Waals surface area contributed by atoms with Gasteiger partial charge in [0, 0.05) is 31.6 Å². The first-order chi connectivity index (χ1) is 9.49. The Morgan fingerprint density at radius 1 is 1.55 bits per heavy atom. The Morgan fingerprint density at radius 2 is 2.30 bits per heavy atom. The number of likely N-dealkylation sites (tertiary alicyclic amines) is 1. The van der Waals surface area contributed by atoms with Gasteiger partial charge in [-0.2, -0.15) is 0 Å². The molecule has 2 rings (SSSR count). The van der Waals surface area contributed by atoms with Gasteiger partial charge in [0.2, 0.25) is 5.91 Å². The Labute approximate surface area is 121 Å². The molecule has 7 nitrogen and oxygen atoms in total. The number of hydrogen-bond acceptors (Lipinski definition) is 5. The van der Waals surface area contributed by atoms with Gasteiger partial charge in [0.1, 0.15) is 11.0 Å². The van der Waals surface area contributed by atoms with Crippen LogP contribution < -0.4 is 16.6 Å². The molecule has 0 saturated carbocycles. The summed E-state index contributed by atoms with van der Waals surface area (Å²) in [5.41, 5.74) is 2.72. The van der Waals surface area contributed by atoms with Crippen LogP contribution in [0.15, 0.2) is 12.1 Å². The number of rotatable bonds is 3. The molecule has 0 spiro atoms. The SMILES string of the molecule is CN1CC(NC(=O)c2cc(Cl)nc(NN)c2)CCC1=O. The van der Waals surface area contributed by atoms with E-state index in [1.807, 2.05) is 0 Å². The molecule has 20 heavy (non-hydrogen) atoms. The van der Waals surface area contributed by atoms with Crippen LogP contribution in [0, 0.1) is 0 Å². The summed E-state index contributed by atoms with van der Waals surface area (Å²) in [7, 11) is 1.72. The Bertz CT molecular complexity index is 537. The van der Waals surface area contributed by atoms with Crippen LogP contribution >= 0.6 is 11.6 Å². The van der Waals surface area contributed by atoms with E-state index < -0.39 is 0 Å². The Morgan fingerprint density at radius 3 is 2.95 bits per heavy atom. The number of hydrogen-bond donors (Lipinski definition) is 3. The number of nitrogens with one attached hydrogen (secondary N) is 2. The zero-order chi connectivity index (χ0) is 14.7. The summed E-state index contributed by atoms with van der Waals surface area (Å²) in [5, 5.41) is 3.06. The number of nitrogens with two attached hydrogens (primary N) is 1. The topological polar surface area (TPSA) is 100 Å². The number of halogens is 1. The van der Waals surface area contributed by atoms with E-state index in [1.165, 1.54) is 12.1 Å². The van der Waals surface area contributed by atoms with E-state index in [4.69, 9.17) is 17.4 Å². The number of nitrogen functional groups attached to an aromatic ring is 1. The van der Waals surface area contributed by atoms with E-state index in [0.29, 0.717) is 30.8 Å². The molecule has 1 aromatic heterocycles. The van der Waals surface area contributed by atoms with Crippen LogP contribution in [0.25, 0.3) is 0 Å². The molecule has 2 heterocycles. The minimum atomic E-state index is -0.265. The molecule has 8 heteroatoms. The highest BCUT2D eigenvalue weighted by Crippen LogP contribution is 2.15. The summed E-state index contributed by atoms with van der Waals surface area (Å²) in [6, 6.07) is 2.92. The van der Waals surface area contributed by atoms with Crippen molar-refractivity contribution >= 4 is 29.2 Å². The van der Waals surface area contributed by atoms with Crippen LogP contribution in [-0.2, 0) is 4.79 Å². The molecule has 0 radical (unpaired) electrons. The van der Waals surface area contributed by atoms with Crippen LogP contribution in [0.1, 0.15) is 23.2 Å². The van der Waals surface area contributed by atoms with Crippen LogP contribution in [0.4, 0.5) is 5.82 Å². The molecule has 108 valence electrons. The summed E-state index contributed by atoms with van der Waals surface area (Å²) in [6.45, 7) is 0.505. The first-order valence-electron chi connectivity index (χ1n) is 6.18. The molecule has 1 aromatic rings. The van der Waals surface area contributed by atoms with E-state index in [1.54, 1.807) is 11.9 Å². The number of likely N-dealkylation sites (N-methyl/N-ethyl adjacent to an activating group) is 1. The zero-order valence-electron chi connectivity index (χ0n) is 11.0. The molecule has 2 amide bonds. The average Bonchev–Trinajstić information content (AvgIpc) is 2.42. The molecule has 1 atom stereocenters. The van der Waals surface area contributed by atoms with Crippen LogP contribution in [0.5, 0.6) is 0 Å². The fourth-order valence-electron chi connectivity index (χ4n) is 2.10. The van der Waals surface area contributed by atoms with Gasteiger partial charge in [-0.05, 0) is 18.6 Å². The maximum Gasteiger partial charge on any atom is 0.251 e. The summed E-state index contributed by atoms with van der Waals surface area (Å²) in [5.74, 6) is 5.41. The first kappa shape index (κ1) is 14.5. The number of pyridine rings is 1. The third kappa shape index (κ3) is 3.37. The van der Waals surface area contributed by atoms with Crippen LogP contribution in [-0.4, -0.2) is 41.3 Å². The second kappa shape index (κ2) is 6.06. The predicted molar refractivity (Wildman–Crippen MR) is 75.2 cm³/mol. The highest BCUT2D eigenvalue weighted by atomic mass is 35.5. The van der Waals surface area contributed by atoms with Crippen molar-refractivity contribution in [2.24, 2.45) is 5.84 Å². The molecule has 1 unspecified atom stereocenters. The molecule has 1 aliphatic heterocycles. The lowest BCUT2D eigenvalue weighted by Crippen LogP contribution is -2.48. The number of nitrogens with zero attached hydrogens (tertiary/aromatic N) is 2. The van der Waals surface area contributed by atoms with Crippen molar-refractivity contribution < 1.29 is 9.59 Å². The molecule has 0 aliphatic carbocycles. The zero-order valence-corrected chi connectivity index (χ0v) is 11.8. The lowest BCUT2D eigenvalue weighted by molar-refractivity contribution is -0.132. The van der Waals surface area contributed by atoms with Gasteiger partial charge < -0.3 is 15.6 Å². The average molecular weight is 298 g/mol. The number of hydrazine groups is 1. The third-order valence-electron chi connectivity index (χ3n) is 3.17. The Balaban J connectivity index is 2.05. The Hall–Kier alpha value is -1.86. The fraction of sp³-hybridized carbons (Fsp3) is 0.417. The molecule has 4 N–H and O–H groups in total. The van der Waals surface area contributed by atoms with E-state index in [2.05, 4.69) is 15.7 Å². The lowest BCUT2D eigenvalue weighted by Gasteiger charge is -2.30. The van der Waals surface area contributed by atoms with Crippen molar-refractivity contribution in [3.63, 3.8) is 0 Å². The fourth-order valence-corrected chi connectivity index (χ4v) is 2.31. The minimum absolute atomic E-state index is 0.0635. The van der Waals surface area contributed by atoms with E-state index >= 15 is 0 Å². The third-order valence-corrected chi connectivity index (χ3v) is 3.36. The molecule has 1 aliphatic rings. The molecule has 1 fully saturated rings. The van der Waals surface area contributed by atoms with Crippen molar-refractivity contribution in [3.05, 3.63) is 22.8 Å². The van der Waals surface area contributed by atoms with Crippen molar-refractivity contribution in [2.45, 2.75) is 18.9 Å². The normalized spacial score (nSPS) is 18.9. The maximum absolute atomic E-state index is 12.2. The molecule has 0 bridgehead atoms. The maximum atomic E-state index is 12.2. The van der Waals surface area contributed by atoms with Gasteiger partial charge in [0.15, 0.2) is 0 Å². The largest absolute Gasteiger partial charge is 0.348 e. The van der Waals surface area contributed by atoms with Gasteiger partial charge in [-0.15, -0.1) is 0 Å². The minimum Gasteiger partial charge on any atom is -0.348 e. The van der Waals surface area contributed by atoms with E-state index in [0.717, 1.165) is 0 Å². The van der Waals surface area contributed by atoms with Gasteiger partial charge in [0.25, 0.3) is 5.91 Å². The van der Waals surface area contributed by atoms with Gasteiger partial charge in [0.05, 0.1) is 0 Å². The summed E-state index contributed by atoms with van der Waals surface area (Å²) in [4.78, 5) is 29.1. The number of carbonyl (C=O) groups excluding carboxylic acids is 2. The number of carbonyl (C=O) groups is 2. The van der Waals surface area contributed by atoms with Gasteiger partial charge in [-0.3, -0.25) is 9.59 Å². The number of aromatic nitrogens is 1. The van der Waals surface area contributed by atoms with Crippen molar-refractivity contribution in [3.8, 4) is 0 Å². The number of piperidine rings is 1. The number of anilines is 1. The lowest BCUT2D eigenvalue weighted by atomic mass is 10.1. The van der Waals surface area contributed by atoms with Crippen molar-refractivity contribution in [2.75, 3.05) is 19.0 Å². The Kier molecular flexibility index (Phi) is 4.41. The standard InChI is InChI=1S/C12H16ClN5O2/c1-18-6-8(2-3-11(18)19)15-12(20)7-4-9(13)16-10(5-7)17-14/h4-5,8H,2-3,6,14H2,1H3,(H,15,20)(H,16,17). The predicted octanol–water partition coefficient (Wildman–Crippen LogP) is 0.371. The first-order valence-corrected chi connectivity index (χ1v) is 6.56. The molecule has 1 saturated heterocycles. The van der Waals surface area contributed by atoms with Gasteiger partial charge >= 0.3 is 0 Å². The second-order valence-corrected chi connectivity index (χ2v) is 5.08. The summed E-state index contributed by atoms with van der Waals surface area (Å²) >= 11 is 5.82. The van der Waals surface area contributed by atoms with Crippen molar-refractivity contribution in [1.29, 1.82) is 0 Å². The molecule has 0 aromatic carbocycles. The molecular weight excluding hydrogens is 282 g/mol. The van der Waals surface area contributed by atoms with Crippen LogP contribution in [0.2, 0.25) is 5.15 Å².